The molecule has 2 aromatic rings. The normalized spacial score (nSPS) is 19.4. The highest BCUT2D eigenvalue weighted by Gasteiger charge is 2.30. The Morgan fingerprint density at radius 2 is 1.97 bits per heavy atom. The molecule has 5 nitrogen and oxygen atoms in total. The number of ether oxygens (including phenoxy) is 1. The van der Waals surface area contributed by atoms with Gasteiger partial charge in [0.25, 0.3) is 0 Å². The van der Waals surface area contributed by atoms with Crippen LogP contribution in [0.2, 0.25) is 0 Å². The minimum Gasteiger partial charge on any atom is -0.465 e. The number of hydrogen-bond donors (Lipinski definition) is 1. The molecule has 0 radical (unpaired) electrons. The largest absolute Gasteiger partial charge is 0.465 e. The number of esters is 1. The minimum atomic E-state index is -0.339. The molecule has 1 aliphatic heterocycles. The van der Waals surface area contributed by atoms with Gasteiger partial charge in [0.2, 0.25) is 5.91 Å². The second-order valence-electron chi connectivity index (χ2n) is 7.96. The Bertz CT molecular complexity index is 878. The van der Waals surface area contributed by atoms with Crippen LogP contribution in [-0.2, 0) is 28.9 Å². The molecule has 0 bridgehead atoms. The van der Waals surface area contributed by atoms with Crippen molar-refractivity contribution in [3.63, 3.8) is 0 Å². The minimum absolute atomic E-state index is 0.0199. The number of aryl methyl sites for hydroxylation is 1. The highest BCUT2D eigenvalue weighted by Crippen LogP contribution is 2.39. The van der Waals surface area contributed by atoms with E-state index < -0.39 is 0 Å². The maximum atomic E-state index is 13.1. The summed E-state index contributed by atoms with van der Waals surface area (Å²) in [4.78, 5) is 29.0. The van der Waals surface area contributed by atoms with Gasteiger partial charge in [0.05, 0.1) is 18.6 Å². The van der Waals surface area contributed by atoms with Gasteiger partial charge < -0.3 is 10.1 Å². The first kappa shape index (κ1) is 20.1. The lowest BCUT2D eigenvalue weighted by atomic mass is 9.95. The van der Waals surface area contributed by atoms with Gasteiger partial charge >= 0.3 is 5.97 Å². The Morgan fingerprint density at radius 3 is 2.76 bits per heavy atom. The number of nitrogens with zero attached hydrogens (tertiary/aromatic N) is 1. The van der Waals surface area contributed by atoms with Crippen LogP contribution in [-0.4, -0.2) is 37.0 Å². The standard InChI is InChI=1S/C23H28N2O3S/c1-28-23(27)20-18-11-5-6-12-19(18)29-22(20)24-21(26)17-10-7-13-25(15-17)14-16-8-3-2-4-9-16/h2-4,8-9,17H,5-7,10-15H2,1H3,(H,24,26). The lowest BCUT2D eigenvalue weighted by Crippen LogP contribution is -2.40. The number of piperidine rings is 1. The molecule has 1 atom stereocenters. The molecule has 2 heterocycles. The van der Waals surface area contributed by atoms with Crippen LogP contribution in [0.1, 0.15) is 52.0 Å². The molecule has 1 saturated heterocycles. The van der Waals surface area contributed by atoms with Gasteiger partial charge in [-0.1, -0.05) is 30.3 Å². The Balaban J connectivity index is 1.46. The molecular weight excluding hydrogens is 384 g/mol. The fourth-order valence-corrected chi connectivity index (χ4v) is 5.72. The van der Waals surface area contributed by atoms with Crippen LogP contribution in [0, 0.1) is 5.92 Å². The van der Waals surface area contributed by atoms with Crippen molar-refractivity contribution in [3.05, 3.63) is 51.9 Å². The topological polar surface area (TPSA) is 58.6 Å². The first-order valence-corrected chi connectivity index (χ1v) is 11.3. The lowest BCUT2D eigenvalue weighted by molar-refractivity contribution is -0.121. The van der Waals surface area contributed by atoms with Crippen molar-refractivity contribution in [2.75, 3.05) is 25.5 Å². The predicted molar refractivity (Wildman–Crippen MR) is 115 cm³/mol. The number of methoxy groups -OCH3 is 1. The van der Waals surface area contributed by atoms with E-state index in [-0.39, 0.29) is 17.8 Å². The Labute approximate surface area is 176 Å². The molecule has 1 aromatic heterocycles. The molecule has 0 spiro atoms. The van der Waals surface area contributed by atoms with Crippen molar-refractivity contribution in [2.24, 2.45) is 5.92 Å². The summed E-state index contributed by atoms with van der Waals surface area (Å²) in [6, 6.07) is 10.4. The summed E-state index contributed by atoms with van der Waals surface area (Å²) in [5.74, 6) is -0.377. The fourth-order valence-electron chi connectivity index (χ4n) is 4.44. The van der Waals surface area contributed by atoms with E-state index in [1.54, 1.807) is 11.3 Å². The van der Waals surface area contributed by atoms with Gasteiger partial charge in [-0.3, -0.25) is 9.69 Å². The van der Waals surface area contributed by atoms with E-state index in [9.17, 15) is 9.59 Å². The average molecular weight is 413 g/mol. The molecule has 154 valence electrons. The van der Waals surface area contributed by atoms with Gasteiger partial charge in [-0.05, 0) is 56.2 Å². The summed E-state index contributed by atoms with van der Waals surface area (Å²) < 4.78 is 5.02. The summed E-state index contributed by atoms with van der Waals surface area (Å²) in [5.41, 5.74) is 2.93. The third-order valence-electron chi connectivity index (χ3n) is 5.92. The van der Waals surface area contributed by atoms with Gasteiger partial charge in [0, 0.05) is 18.0 Å². The predicted octanol–water partition coefficient (Wildman–Crippen LogP) is 4.26. The highest BCUT2D eigenvalue weighted by atomic mass is 32.1. The second kappa shape index (κ2) is 9.09. The summed E-state index contributed by atoms with van der Waals surface area (Å²) in [6.07, 6.45) is 5.98. The molecule has 29 heavy (non-hydrogen) atoms. The Morgan fingerprint density at radius 1 is 1.17 bits per heavy atom. The zero-order chi connectivity index (χ0) is 20.2. The fraction of sp³-hybridized carbons (Fsp3) is 0.478. The molecule has 1 N–H and O–H groups in total. The van der Waals surface area contributed by atoms with E-state index in [0.717, 1.165) is 63.7 Å². The van der Waals surface area contributed by atoms with Gasteiger partial charge in [-0.2, -0.15) is 0 Å². The monoisotopic (exact) mass is 412 g/mol. The molecule has 1 unspecified atom stereocenters. The first-order valence-electron chi connectivity index (χ1n) is 10.5. The van der Waals surface area contributed by atoms with Crippen LogP contribution in [0.5, 0.6) is 0 Å². The van der Waals surface area contributed by atoms with E-state index in [2.05, 4.69) is 34.5 Å². The average Bonchev–Trinajstić information content (AvgIpc) is 3.12. The smallest absolute Gasteiger partial charge is 0.341 e. The molecule has 2 aliphatic rings. The van der Waals surface area contributed by atoms with Crippen LogP contribution in [0.15, 0.2) is 30.3 Å². The molecule has 1 amide bonds. The summed E-state index contributed by atoms with van der Waals surface area (Å²) in [7, 11) is 1.41. The number of benzene rings is 1. The van der Waals surface area contributed by atoms with Crippen molar-refractivity contribution in [3.8, 4) is 0 Å². The van der Waals surface area contributed by atoms with Crippen molar-refractivity contribution in [1.82, 2.24) is 4.90 Å². The zero-order valence-electron chi connectivity index (χ0n) is 16.9. The third-order valence-corrected chi connectivity index (χ3v) is 7.13. The number of amides is 1. The third kappa shape index (κ3) is 4.54. The van der Waals surface area contributed by atoms with E-state index in [4.69, 9.17) is 4.74 Å². The summed E-state index contributed by atoms with van der Waals surface area (Å²) in [6.45, 7) is 2.63. The number of hydrogen-bond acceptors (Lipinski definition) is 5. The summed E-state index contributed by atoms with van der Waals surface area (Å²) in [5, 5.41) is 3.76. The van der Waals surface area contributed by atoms with Gasteiger partial charge in [-0.25, -0.2) is 4.79 Å². The Hall–Kier alpha value is -2.18. The van der Waals surface area contributed by atoms with Crippen molar-refractivity contribution in [2.45, 2.75) is 45.1 Å². The number of carbonyl (C=O) groups is 2. The molecule has 1 aliphatic carbocycles. The molecular formula is C23H28N2O3S. The second-order valence-corrected chi connectivity index (χ2v) is 9.06. The van der Waals surface area contributed by atoms with Crippen LogP contribution in [0.3, 0.4) is 0 Å². The quantitative estimate of drug-likeness (QED) is 0.746. The van der Waals surface area contributed by atoms with E-state index in [1.165, 1.54) is 17.6 Å². The van der Waals surface area contributed by atoms with Gasteiger partial charge in [0.15, 0.2) is 0 Å². The number of nitrogens with one attached hydrogen (secondary N) is 1. The number of anilines is 1. The summed E-state index contributed by atoms with van der Waals surface area (Å²) >= 11 is 1.56. The SMILES string of the molecule is COC(=O)c1c(NC(=O)C2CCCN(Cc3ccccc3)C2)sc2c1CCCC2. The number of rotatable bonds is 5. The first-order chi connectivity index (χ1) is 14.2. The zero-order valence-corrected chi connectivity index (χ0v) is 17.7. The molecule has 1 aromatic carbocycles. The number of carbonyl (C=O) groups excluding carboxylic acids is 2. The maximum Gasteiger partial charge on any atom is 0.341 e. The van der Waals surface area contributed by atoms with E-state index >= 15 is 0 Å². The van der Waals surface area contributed by atoms with Crippen LogP contribution >= 0.6 is 11.3 Å². The van der Waals surface area contributed by atoms with Crippen molar-refractivity contribution in [1.29, 1.82) is 0 Å². The number of thiophene rings is 1. The molecule has 0 saturated carbocycles. The van der Waals surface area contributed by atoms with E-state index in [0.29, 0.717) is 10.6 Å². The molecule has 1 fully saturated rings. The Kier molecular flexibility index (Phi) is 6.31. The molecule has 6 heteroatoms. The van der Waals surface area contributed by atoms with Gasteiger partial charge in [-0.15, -0.1) is 11.3 Å². The maximum absolute atomic E-state index is 13.1. The number of fused-ring (bicyclic) bond motifs is 1. The van der Waals surface area contributed by atoms with E-state index in [1.807, 2.05) is 6.07 Å². The van der Waals surface area contributed by atoms with Crippen LogP contribution in [0.4, 0.5) is 5.00 Å². The van der Waals surface area contributed by atoms with Gasteiger partial charge in [0.1, 0.15) is 5.00 Å². The van der Waals surface area contributed by atoms with Crippen molar-refractivity contribution >= 4 is 28.2 Å². The van der Waals surface area contributed by atoms with Crippen LogP contribution < -0.4 is 5.32 Å². The highest BCUT2D eigenvalue weighted by molar-refractivity contribution is 7.17. The lowest BCUT2D eigenvalue weighted by Gasteiger charge is -2.32. The van der Waals surface area contributed by atoms with Crippen LogP contribution in [0.25, 0.3) is 0 Å². The molecule has 4 rings (SSSR count). The number of likely N-dealkylation sites (tertiary alicyclic amines) is 1. The van der Waals surface area contributed by atoms with Crippen molar-refractivity contribution < 1.29 is 14.3 Å².